The lowest BCUT2D eigenvalue weighted by Gasteiger charge is -2.07. The second kappa shape index (κ2) is 4.63. The molecule has 0 spiro atoms. The van der Waals surface area contributed by atoms with Crippen LogP contribution in [0, 0.1) is 18.2 Å². The Morgan fingerprint density at radius 2 is 1.56 bits per heavy atom. The largest absolute Gasteiger partial charge is 0.206 e. The summed E-state index contributed by atoms with van der Waals surface area (Å²) in [5, 5.41) is 0. The van der Waals surface area contributed by atoms with Crippen LogP contribution in [0.5, 0.6) is 0 Å². The van der Waals surface area contributed by atoms with Crippen LogP contribution in [0.25, 0.3) is 11.1 Å². The maximum Gasteiger partial charge on any atom is 0.131 e. The van der Waals surface area contributed by atoms with E-state index < -0.39 is 0 Å². The lowest BCUT2D eigenvalue weighted by atomic mass is 9.97. The van der Waals surface area contributed by atoms with E-state index in [0.717, 1.165) is 11.1 Å². The van der Waals surface area contributed by atoms with Crippen molar-refractivity contribution in [3.05, 3.63) is 59.9 Å². The van der Waals surface area contributed by atoms with Crippen LogP contribution in [0.15, 0.2) is 48.5 Å². The summed E-state index contributed by atoms with van der Waals surface area (Å²) in [7, 11) is 0. The molecule has 0 saturated carbocycles. The molecule has 0 saturated heterocycles. The van der Waals surface area contributed by atoms with Crippen LogP contribution in [0.4, 0.5) is 4.39 Å². The average Bonchev–Trinajstić information content (AvgIpc) is 2.31. The molecule has 16 heavy (non-hydrogen) atoms. The van der Waals surface area contributed by atoms with Gasteiger partial charge < -0.3 is 0 Å². The Morgan fingerprint density at radius 3 is 2.25 bits per heavy atom. The van der Waals surface area contributed by atoms with Gasteiger partial charge in [0.05, 0.1) is 0 Å². The van der Waals surface area contributed by atoms with E-state index in [0.29, 0.717) is 12.0 Å². The smallest absolute Gasteiger partial charge is 0.131 e. The van der Waals surface area contributed by atoms with Crippen LogP contribution >= 0.6 is 0 Å². The van der Waals surface area contributed by atoms with Crippen molar-refractivity contribution < 1.29 is 4.39 Å². The maximum atomic E-state index is 13.6. The minimum Gasteiger partial charge on any atom is -0.206 e. The molecule has 0 aliphatic heterocycles. The molecular formula is C15H11F. The van der Waals surface area contributed by atoms with Crippen molar-refractivity contribution >= 4 is 0 Å². The number of hydrogen-bond donors (Lipinski definition) is 0. The fourth-order valence-electron chi connectivity index (χ4n) is 1.73. The van der Waals surface area contributed by atoms with Crippen LogP contribution in [0.2, 0.25) is 0 Å². The molecule has 0 atom stereocenters. The van der Waals surface area contributed by atoms with E-state index in [4.69, 9.17) is 6.42 Å². The predicted molar refractivity (Wildman–Crippen MR) is 64.4 cm³/mol. The van der Waals surface area contributed by atoms with Gasteiger partial charge >= 0.3 is 0 Å². The van der Waals surface area contributed by atoms with Crippen LogP contribution in [-0.4, -0.2) is 0 Å². The zero-order chi connectivity index (χ0) is 11.4. The topological polar surface area (TPSA) is 0 Å². The van der Waals surface area contributed by atoms with Gasteiger partial charge in [-0.2, -0.15) is 0 Å². The Labute approximate surface area is 94.7 Å². The van der Waals surface area contributed by atoms with Gasteiger partial charge in [-0.05, 0) is 17.2 Å². The molecule has 0 fully saturated rings. The molecule has 0 aromatic heterocycles. The van der Waals surface area contributed by atoms with Gasteiger partial charge in [0.15, 0.2) is 0 Å². The minimum atomic E-state index is -0.216. The van der Waals surface area contributed by atoms with Gasteiger partial charge in [-0.15, -0.1) is 12.3 Å². The lowest BCUT2D eigenvalue weighted by Crippen LogP contribution is -1.90. The Balaban J connectivity index is 2.57. The third-order valence-corrected chi connectivity index (χ3v) is 2.47. The molecule has 0 aliphatic rings. The number of hydrogen-bond acceptors (Lipinski definition) is 0. The van der Waals surface area contributed by atoms with Gasteiger partial charge in [-0.3, -0.25) is 0 Å². The highest BCUT2D eigenvalue weighted by atomic mass is 19.1. The SMILES string of the molecule is C#CCc1ccccc1-c1ccccc1F. The minimum absolute atomic E-state index is 0.216. The van der Waals surface area contributed by atoms with Crippen molar-refractivity contribution in [2.75, 3.05) is 0 Å². The molecule has 78 valence electrons. The van der Waals surface area contributed by atoms with Crippen molar-refractivity contribution in [3.8, 4) is 23.5 Å². The molecule has 1 heteroatoms. The quantitative estimate of drug-likeness (QED) is 0.663. The molecule has 2 aromatic carbocycles. The second-order valence-electron chi connectivity index (χ2n) is 3.52. The number of rotatable bonds is 2. The van der Waals surface area contributed by atoms with Gasteiger partial charge in [0.2, 0.25) is 0 Å². The van der Waals surface area contributed by atoms with Gasteiger partial charge in [0.1, 0.15) is 5.82 Å². The predicted octanol–water partition coefficient (Wildman–Crippen LogP) is 3.67. The Morgan fingerprint density at radius 1 is 0.938 bits per heavy atom. The van der Waals surface area contributed by atoms with Gasteiger partial charge in [-0.1, -0.05) is 42.5 Å². The Kier molecular flexibility index (Phi) is 3.03. The van der Waals surface area contributed by atoms with Crippen molar-refractivity contribution in [1.29, 1.82) is 0 Å². The molecule has 0 bridgehead atoms. The number of terminal acetylenes is 1. The first-order valence-corrected chi connectivity index (χ1v) is 5.09. The van der Waals surface area contributed by atoms with E-state index in [9.17, 15) is 4.39 Å². The zero-order valence-corrected chi connectivity index (χ0v) is 8.78. The van der Waals surface area contributed by atoms with Crippen molar-refractivity contribution in [2.24, 2.45) is 0 Å². The molecule has 2 rings (SSSR count). The maximum absolute atomic E-state index is 13.6. The first-order chi connectivity index (χ1) is 7.83. The van der Waals surface area contributed by atoms with E-state index in [1.54, 1.807) is 12.1 Å². The molecule has 0 N–H and O–H groups in total. The number of benzene rings is 2. The fraction of sp³-hybridized carbons (Fsp3) is 0.0667. The third-order valence-electron chi connectivity index (χ3n) is 2.47. The Bertz CT molecular complexity index is 535. The summed E-state index contributed by atoms with van der Waals surface area (Å²) in [6, 6.07) is 14.4. The highest BCUT2D eigenvalue weighted by Gasteiger charge is 2.07. The molecular weight excluding hydrogens is 199 g/mol. The van der Waals surface area contributed by atoms with Crippen molar-refractivity contribution in [2.45, 2.75) is 6.42 Å². The highest BCUT2D eigenvalue weighted by molar-refractivity contribution is 5.68. The average molecular weight is 210 g/mol. The molecule has 0 amide bonds. The molecule has 0 unspecified atom stereocenters. The standard InChI is InChI=1S/C15H11F/c1-2-7-12-8-3-4-9-13(12)14-10-5-6-11-15(14)16/h1,3-6,8-11H,7H2. The molecule has 2 aromatic rings. The third kappa shape index (κ3) is 1.97. The summed E-state index contributed by atoms with van der Waals surface area (Å²) >= 11 is 0. The normalized spacial score (nSPS) is 9.75. The van der Waals surface area contributed by atoms with E-state index in [-0.39, 0.29) is 5.82 Å². The summed E-state index contributed by atoms with van der Waals surface area (Å²) in [4.78, 5) is 0. The van der Waals surface area contributed by atoms with E-state index in [1.807, 2.05) is 30.3 Å². The van der Waals surface area contributed by atoms with Crippen molar-refractivity contribution in [1.82, 2.24) is 0 Å². The monoisotopic (exact) mass is 210 g/mol. The molecule has 0 nitrogen and oxygen atoms in total. The van der Waals surface area contributed by atoms with E-state index in [1.165, 1.54) is 6.07 Å². The van der Waals surface area contributed by atoms with E-state index in [2.05, 4.69) is 5.92 Å². The number of halogens is 1. The summed E-state index contributed by atoms with van der Waals surface area (Å²) in [6.07, 6.45) is 5.82. The van der Waals surface area contributed by atoms with Gasteiger partial charge in [0, 0.05) is 12.0 Å². The Hall–Kier alpha value is -2.07. The van der Waals surface area contributed by atoms with Crippen molar-refractivity contribution in [3.63, 3.8) is 0 Å². The van der Waals surface area contributed by atoms with Gasteiger partial charge in [0.25, 0.3) is 0 Å². The summed E-state index contributed by atoms with van der Waals surface area (Å²) in [5.74, 6) is 2.38. The van der Waals surface area contributed by atoms with Crippen LogP contribution < -0.4 is 0 Å². The summed E-state index contributed by atoms with van der Waals surface area (Å²) < 4.78 is 13.6. The molecule has 0 radical (unpaired) electrons. The first-order valence-electron chi connectivity index (χ1n) is 5.09. The lowest BCUT2D eigenvalue weighted by molar-refractivity contribution is 0.631. The first kappa shape index (κ1) is 10.4. The highest BCUT2D eigenvalue weighted by Crippen LogP contribution is 2.26. The van der Waals surface area contributed by atoms with Gasteiger partial charge in [-0.25, -0.2) is 4.39 Å². The van der Waals surface area contributed by atoms with Crippen LogP contribution in [0.1, 0.15) is 5.56 Å². The summed E-state index contributed by atoms with van der Waals surface area (Å²) in [5.41, 5.74) is 2.46. The van der Waals surface area contributed by atoms with E-state index >= 15 is 0 Å². The second-order valence-corrected chi connectivity index (χ2v) is 3.52. The fourth-order valence-corrected chi connectivity index (χ4v) is 1.73. The summed E-state index contributed by atoms with van der Waals surface area (Å²) in [6.45, 7) is 0. The van der Waals surface area contributed by atoms with Crippen LogP contribution in [-0.2, 0) is 6.42 Å². The van der Waals surface area contributed by atoms with Crippen LogP contribution in [0.3, 0.4) is 0 Å². The molecule has 0 heterocycles. The zero-order valence-electron chi connectivity index (χ0n) is 8.78. The molecule has 0 aliphatic carbocycles.